The Kier molecular flexibility index (Phi) is 4.57. The normalized spacial score (nSPS) is 14.4. The summed E-state index contributed by atoms with van der Waals surface area (Å²) >= 11 is 1.41. The number of thioether (sulfide) groups is 1. The van der Waals surface area contributed by atoms with Gasteiger partial charge in [-0.1, -0.05) is 66.4 Å². The van der Waals surface area contributed by atoms with E-state index in [1.807, 2.05) is 18.2 Å². The summed E-state index contributed by atoms with van der Waals surface area (Å²) in [6.45, 7) is 0. The summed E-state index contributed by atoms with van der Waals surface area (Å²) in [6.07, 6.45) is 2.15. The molecule has 3 aromatic rings. The van der Waals surface area contributed by atoms with Crippen LogP contribution in [0.1, 0.15) is 0 Å². The van der Waals surface area contributed by atoms with Gasteiger partial charge in [0.25, 0.3) is 5.12 Å². The highest BCUT2D eigenvalue weighted by Gasteiger charge is 2.53. The molecule has 0 aliphatic carbocycles. The van der Waals surface area contributed by atoms with Gasteiger partial charge in [0.2, 0.25) is 0 Å². The van der Waals surface area contributed by atoms with Crippen LogP contribution in [0.25, 0.3) is 0 Å². The van der Waals surface area contributed by atoms with Crippen molar-refractivity contribution < 1.29 is 4.79 Å². The fraction of sp³-hybridized carbons (Fsp3) is 0.0455. The topological polar surface area (TPSA) is 17.1 Å². The van der Waals surface area contributed by atoms with Crippen LogP contribution in [0.4, 0.5) is 0 Å². The first-order chi connectivity index (χ1) is 12.3. The average Bonchev–Trinajstić information content (AvgIpc) is 3.12. The molecule has 3 aromatic carbocycles. The first kappa shape index (κ1) is 16.3. The molecule has 0 spiro atoms. The van der Waals surface area contributed by atoms with Gasteiger partial charge >= 0.3 is 0 Å². The molecule has 0 unspecified atom stereocenters. The highest BCUT2D eigenvalue weighted by atomic mass is 32.2. The Morgan fingerprint density at radius 2 is 1.04 bits per heavy atom. The van der Waals surface area contributed by atoms with E-state index in [-0.39, 0.29) is 5.12 Å². The predicted molar refractivity (Wildman–Crippen MR) is 111 cm³/mol. The fourth-order valence-corrected chi connectivity index (χ4v) is 9.03. The highest BCUT2D eigenvalue weighted by molar-refractivity contribution is 8.17. The molecular formula is C22H18OPS+. The summed E-state index contributed by atoms with van der Waals surface area (Å²) in [5, 5.41) is 4.88. The van der Waals surface area contributed by atoms with E-state index >= 15 is 0 Å². The monoisotopic (exact) mass is 361 g/mol. The van der Waals surface area contributed by atoms with E-state index in [1.165, 1.54) is 27.7 Å². The van der Waals surface area contributed by atoms with E-state index in [0.717, 1.165) is 11.1 Å². The SMILES string of the molecule is O=C1SCC=C1[P+](c1ccccc1)(c1ccccc1)c1ccccc1. The molecule has 0 bridgehead atoms. The van der Waals surface area contributed by atoms with Crippen LogP contribution in [0.5, 0.6) is 0 Å². The zero-order valence-corrected chi connectivity index (χ0v) is 15.4. The molecule has 0 N–H and O–H groups in total. The maximum atomic E-state index is 12.9. The minimum Gasteiger partial charge on any atom is -0.278 e. The zero-order chi connectivity index (χ0) is 17.1. The van der Waals surface area contributed by atoms with Crippen molar-refractivity contribution in [2.75, 3.05) is 5.75 Å². The number of hydrogen-bond acceptors (Lipinski definition) is 2. The molecule has 4 rings (SSSR count). The van der Waals surface area contributed by atoms with Gasteiger partial charge in [0.1, 0.15) is 23.2 Å². The van der Waals surface area contributed by atoms with Crippen LogP contribution in [-0.2, 0) is 4.79 Å². The standard InChI is InChI=1S/C22H18OPS/c23-22-21(16-17-25-22)24(18-10-4-1-5-11-18,19-12-6-2-7-13-19)20-14-8-3-9-15-20/h1-16H,17H2/q+1. The number of rotatable bonds is 4. The van der Waals surface area contributed by atoms with Gasteiger partial charge in [-0.15, -0.1) is 0 Å². The summed E-state index contributed by atoms with van der Waals surface area (Å²) in [6, 6.07) is 31.6. The smallest absolute Gasteiger partial charge is 0.255 e. The molecule has 0 amide bonds. The van der Waals surface area contributed by atoms with Crippen molar-refractivity contribution >= 4 is 40.1 Å². The van der Waals surface area contributed by atoms with E-state index in [9.17, 15) is 4.79 Å². The second-order valence-electron chi connectivity index (χ2n) is 5.87. The maximum Gasteiger partial charge on any atom is 0.255 e. The minimum absolute atomic E-state index is 0.213. The van der Waals surface area contributed by atoms with Gasteiger partial charge in [0.15, 0.2) is 5.31 Å². The molecule has 0 atom stereocenters. The van der Waals surface area contributed by atoms with Gasteiger partial charge in [-0.2, -0.15) is 0 Å². The molecule has 1 aliphatic heterocycles. The molecule has 3 heteroatoms. The van der Waals surface area contributed by atoms with Gasteiger partial charge in [0, 0.05) is 5.75 Å². The van der Waals surface area contributed by atoms with Crippen LogP contribution in [0.3, 0.4) is 0 Å². The van der Waals surface area contributed by atoms with Crippen molar-refractivity contribution in [2.45, 2.75) is 0 Å². The van der Waals surface area contributed by atoms with E-state index in [2.05, 4.69) is 78.9 Å². The van der Waals surface area contributed by atoms with E-state index in [4.69, 9.17) is 0 Å². The molecule has 122 valence electrons. The molecule has 0 radical (unpaired) electrons. The Morgan fingerprint density at radius 3 is 1.36 bits per heavy atom. The summed E-state index contributed by atoms with van der Waals surface area (Å²) < 4.78 is 0. The third kappa shape index (κ3) is 2.76. The molecule has 1 heterocycles. The third-order valence-electron chi connectivity index (χ3n) is 4.49. The van der Waals surface area contributed by atoms with E-state index in [0.29, 0.717) is 0 Å². The van der Waals surface area contributed by atoms with Gasteiger partial charge in [-0.3, -0.25) is 4.79 Å². The number of carbonyl (C=O) groups is 1. The quantitative estimate of drug-likeness (QED) is 0.650. The molecule has 0 aromatic heterocycles. The van der Waals surface area contributed by atoms with Crippen molar-refractivity contribution in [1.29, 1.82) is 0 Å². The van der Waals surface area contributed by atoms with E-state index < -0.39 is 7.26 Å². The maximum absolute atomic E-state index is 12.9. The number of hydrogen-bond donors (Lipinski definition) is 0. The number of carbonyl (C=O) groups excluding carboxylic acids is 1. The third-order valence-corrected chi connectivity index (χ3v) is 9.79. The Labute approximate surface area is 153 Å². The largest absolute Gasteiger partial charge is 0.278 e. The lowest BCUT2D eigenvalue weighted by Gasteiger charge is -2.27. The molecule has 25 heavy (non-hydrogen) atoms. The Morgan fingerprint density at radius 1 is 0.640 bits per heavy atom. The van der Waals surface area contributed by atoms with Gasteiger partial charge < -0.3 is 0 Å². The Hall–Kier alpha value is -2.15. The second kappa shape index (κ2) is 7.00. The lowest BCUT2D eigenvalue weighted by atomic mass is 10.3. The Balaban J connectivity index is 2.11. The first-order valence-electron chi connectivity index (χ1n) is 8.27. The van der Waals surface area contributed by atoms with Crippen LogP contribution < -0.4 is 15.9 Å². The summed E-state index contributed by atoms with van der Waals surface area (Å²) in [7, 11) is -2.17. The minimum atomic E-state index is -2.17. The lowest BCUT2D eigenvalue weighted by Crippen LogP contribution is -2.33. The number of benzene rings is 3. The first-order valence-corrected chi connectivity index (χ1v) is 11.0. The summed E-state index contributed by atoms with van der Waals surface area (Å²) in [5.41, 5.74) is 0. The van der Waals surface area contributed by atoms with Crippen LogP contribution in [0.2, 0.25) is 0 Å². The Bertz CT molecular complexity index is 808. The average molecular weight is 361 g/mol. The molecule has 0 saturated heterocycles. The van der Waals surface area contributed by atoms with Crippen molar-refractivity contribution in [3.63, 3.8) is 0 Å². The molecule has 1 aliphatic rings. The van der Waals surface area contributed by atoms with Crippen molar-refractivity contribution in [2.24, 2.45) is 0 Å². The van der Waals surface area contributed by atoms with Crippen LogP contribution in [0.15, 0.2) is 102 Å². The summed E-state index contributed by atoms with van der Waals surface area (Å²) in [5.74, 6) is 0.766. The predicted octanol–water partition coefficient (Wildman–Crippen LogP) is 4.14. The van der Waals surface area contributed by atoms with Gasteiger partial charge in [0.05, 0.1) is 0 Å². The van der Waals surface area contributed by atoms with E-state index in [1.54, 1.807) is 0 Å². The fourth-order valence-electron chi connectivity index (χ4n) is 3.45. The molecule has 0 fully saturated rings. The van der Waals surface area contributed by atoms with Gasteiger partial charge in [-0.05, 0) is 42.5 Å². The molecular weight excluding hydrogens is 343 g/mol. The highest BCUT2D eigenvalue weighted by Crippen LogP contribution is 2.64. The van der Waals surface area contributed by atoms with Crippen molar-refractivity contribution in [3.05, 3.63) is 102 Å². The zero-order valence-electron chi connectivity index (χ0n) is 13.7. The molecule has 1 nitrogen and oxygen atoms in total. The second-order valence-corrected chi connectivity index (χ2v) is 10.2. The lowest BCUT2D eigenvalue weighted by molar-refractivity contribution is -0.107. The van der Waals surface area contributed by atoms with Crippen molar-refractivity contribution in [1.82, 2.24) is 0 Å². The summed E-state index contributed by atoms with van der Waals surface area (Å²) in [4.78, 5) is 12.9. The van der Waals surface area contributed by atoms with Crippen LogP contribution >= 0.6 is 19.0 Å². The molecule has 0 saturated carbocycles. The van der Waals surface area contributed by atoms with Crippen LogP contribution in [0, 0.1) is 0 Å². The van der Waals surface area contributed by atoms with Gasteiger partial charge in [-0.25, -0.2) is 0 Å². The van der Waals surface area contributed by atoms with Crippen LogP contribution in [-0.4, -0.2) is 10.9 Å². The van der Waals surface area contributed by atoms with Crippen molar-refractivity contribution in [3.8, 4) is 0 Å².